The molecule has 2 saturated carbocycles. The summed E-state index contributed by atoms with van der Waals surface area (Å²) in [6.45, 7) is 3.49. The summed E-state index contributed by atoms with van der Waals surface area (Å²) in [4.78, 5) is 17.0. The van der Waals surface area contributed by atoms with Crippen molar-refractivity contribution in [2.24, 2.45) is 17.8 Å². The molecule has 1 aromatic carbocycles. The van der Waals surface area contributed by atoms with Crippen LogP contribution in [0.15, 0.2) is 24.3 Å². The summed E-state index contributed by atoms with van der Waals surface area (Å²) in [6, 6.07) is 8.00. The second-order valence-electron chi connectivity index (χ2n) is 7.49. The molecule has 3 aliphatic rings. The van der Waals surface area contributed by atoms with Gasteiger partial charge in [-0.3, -0.25) is 4.79 Å². The van der Waals surface area contributed by atoms with E-state index in [1.54, 1.807) is 0 Å². The standard InChI is InChI=1S/C19H25ClN2O/c20-17-2-1-3-18(13-17)21-6-8-22(9-7-21)19(23)12-16-11-14-4-5-15(16)10-14/h1-3,13-16H,4-12H2/t14-,15-,16-/m0/s1. The van der Waals surface area contributed by atoms with E-state index in [1.165, 1.54) is 25.7 Å². The summed E-state index contributed by atoms with van der Waals surface area (Å²) in [7, 11) is 0. The van der Waals surface area contributed by atoms with Gasteiger partial charge in [-0.2, -0.15) is 0 Å². The number of hydrogen-bond donors (Lipinski definition) is 0. The molecule has 0 unspecified atom stereocenters. The zero-order chi connectivity index (χ0) is 15.8. The molecule has 1 amide bonds. The zero-order valence-corrected chi connectivity index (χ0v) is 14.3. The predicted octanol–water partition coefficient (Wildman–Crippen LogP) is 3.81. The lowest BCUT2D eigenvalue weighted by Gasteiger charge is -2.37. The number of carbonyl (C=O) groups is 1. The number of hydrogen-bond acceptors (Lipinski definition) is 2. The van der Waals surface area contributed by atoms with Gasteiger partial charge in [-0.25, -0.2) is 0 Å². The van der Waals surface area contributed by atoms with Gasteiger partial charge < -0.3 is 9.80 Å². The molecule has 0 radical (unpaired) electrons. The third-order valence-corrected chi connectivity index (χ3v) is 6.36. The van der Waals surface area contributed by atoms with Crippen LogP contribution in [0, 0.1) is 17.8 Å². The van der Waals surface area contributed by atoms with Crippen molar-refractivity contribution in [2.75, 3.05) is 31.1 Å². The molecule has 3 atom stereocenters. The van der Waals surface area contributed by atoms with Crippen LogP contribution in [0.1, 0.15) is 32.1 Å². The fourth-order valence-corrected chi connectivity index (χ4v) is 5.05. The minimum Gasteiger partial charge on any atom is -0.368 e. The summed E-state index contributed by atoms with van der Waals surface area (Å²) >= 11 is 6.08. The molecule has 1 heterocycles. The van der Waals surface area contributed by atoms with Crippen molar-refractivity contribution in [3.63, 3.8) is 0 Å². The van der Waals surface area contributed by atoms with Gasteiger partial charge in [0.2, 0.25) is 5.91 Å². The molecule has 1 aliphatic heterocycles. The van der Waals surface area contributed by atoms with Crippen molar-refractivity contribution in [3.8, 4) is 0 Å². The molecule has 4 heteroatoms. The van der Waals surface area contributed by atoms with E-state index in [4.69, 9.17) is 11.6 Å². The van der Waals surface area contributed by atoms with Crippen LogP contribution < -0.4 is 4.90 Å². The van der Waals surface area contributed by atoms with Gasteiger partial charge in [-0.05, 0) is 55.2 Å². The molecule has 1 saturated heterocycles. The molecule has 124 valence electrons. The van der Waals surface area contributed by atoms with Crippen LogP contribution in [0.5, 0.6) is 0 Å². The summed E-state index contributed by atoms with van der Waals surface area (Å²) in [5, 5.41) is 0.775. The molecule has 2 aliphatic carbocycles. The maximum absolute atomic E-state index is 12.6. The highest BCUT2D eigenvalue weighted by Gasteiger charge is 2.40. The number of piperazine rings is 1. The second kappa shape index (κ2) is 6.35. The van der Waals surface area contributed by atoms with Crippen LogP contribution in [0.4, 0.5) is 5.69 Å². The van der Waals surface area contributed by atoms with E-state index < -0.39 is 0 Å². The minimum atomic E-state index is 0.383. The first-order valence-corrected chi connectivity index (χ1v) is 9.35. The Bertz CT molecular complexity index is 582. The van der Waals surface area contributed by atoms with Crippen molar-refractivity contribution >= 4 is 23.2 Å². The zero-order valence-electron chi connectivity index (χ0n) is 13.6. The van der Waals surface area contributed by atoms with Gasteiger partial charge in [0.15, 0.2) is 0 Å². The highest BCUT2D eigenvalue weighted by molar-refractivity contribution is 6.30. The van der Waals surface area contributed by atoms with Gasteiger partial charge in [-0.1, -0.05) is 24.1 Å². The van der Waals surface area contributed by atoms with E-state index in [2.05, 4.69) is 15.9 Å². The number of halogens is 1. The van der Waals surface area contributed by atoms with Crippen molar-refractivity contribution in [2.45, 2.75) is 32.1 Å². The first-order valence-electron chi connectivity index (χ1n) is 8.97. The molecule has 23 heavy (non-hydrogen) atoms. The van der Waals surface area contributed by atoms with Gasteiger partial charge in [0.1, 0.15) is 0 Å². The molecule has 3 fully saturated rings. The monoisotopic (exact) mass is 332 g/mol. The van der Waals surface area contributed by atoms with Gasteiger partial charge in [-0.15, -0.1) is 0 Å². The third kappa shape index (κ3) is 3.21. The van der Waals surface area contributed by atoms with Crippen LogP contribution in [0.25, 0.3) is 0 Å². The fraction of sp³-hybridized carbons (Fsp3) is 0.632. The molecule has 0 N–H and O–H groups in total. The quantitative estimate of drug-likeness (QED) is 0.840. The number of benzene rings is 1. The van der Waals surface area contributed by atoms with E-state index in [1.807, 2.05) is 18.2 Å². The topological polar surface area (TPSA) is 23.6 Å². The summed E-state index contributed by atoms with van der Waals surface area (Å²) in [6.07, 6.45) is 6.26. The van der Waals surface area contributed by atoms with Crippen LogP contribution in [0.3, 0.4) is 0 Å². The van der Waals surface area contributed by atoms with Gasteiger partial charge in [0, 0.05) is 43.3 Å². The number of nitrogens with zero attached hydrogens (tertiary/aromatic N) is 2. The lowest BCUT2D eigenvalue weighted by atomic mass is 9.86. The van der Waals surface area contributed by atoms with Gasteiger partial charge in [0.05, 0.1) is 0 Å². The van der Waals surface area contributed by atoms with E-state index in [0.717, 1.165) is 55.1 Å². The maximum Gasteiger partial charge on any atom is 0.222 e. The maximum atomic E-state index is 12.6. The fourth-order valence-electron chi connectivity index (χ4n) is 4.87. The lowest BCUT2D eigenvalue weighted by Crippen LogP contribution is -2.49. The molecule has 0 aromatic heterocycles. The molecule has 3 nitrogen and oxygen atoms in total. The highest BCUT2D eigenvalue weighted by Crippen LogP contribution is 2.49. The number of fused-ring (bicyclic) bond motifs is 2. The van der Waals surface area contributed by atoms with Gasteiger partial charge in [0.25, 0.3) is 0 Å². The number of amides is 1. The first-order chi connectivity index (χ1) is 11.2. The van der Waals surface area contributed by atoms with Crippen molar-refractivity contribution in [1.82, 2.24) is 4.90 Å². The van der Waals surface area contributed by atoms with Crippen molar-refractivity contribution in [3.05, 3.63) is 29.3 Å². The number of anilines is 1. The minimum absolute atomic E-state index is 0.383. The third-order valence-electron chi connectivity index (χ3n) is 6.13. The largest absolute Gasteiger partial charge is 0.368 e. The Morgan fingerprint density at radius 1 is 1.13 bits per heavy atom. The second-order valence-corrected chi connectivity index (χ2v) is 7.92. The first kappa shape index (κ1) is 15.3. The molecular weight excluding hydrogens is 308 g/mol. The Hall–Kier alpha value is -1.22. The lowest BCUT2D eigenvalue weighted by molar-refractivity contribution is -0.132. The Balaban J connectivity index is 1.30. The molecular formula is C19H25ClN2O. The molecule has 4 rings (SSSR count). The number of carbonyl (C=O) groups excluding carboxylic acids is 1. The Morgan fingerprint density at radius 2 is 1.96 bits per heavy atom. The molecule has 2 bridgehead atoms. The average Bonchev–Trinajstić information content (AvgIpc) is 3.18. The van der Waals surface area contributed by atoms with Crippen molar-refractivity contribution in [1.29, 1.82) is 0 Å². The summed E-state index contributed by atoms with van der Waals surface area (Å²) < 4.78 is 0. The smallest absolute Gasteiger partial charge is 0.222 e. The molecule has 0 spiro atoms. The van der Waals surface area contributed by atoms with Crippen LogP contribution >= 0.6 is 11.6 Å². The van der Waals surface area contributed by atoms with Crippen LogP contribution in [-0.2, 0) is 4.79 Å². The highest BCUT2D eigenvalue weighted by atomic mass is 35.5. The SMILES string of the molecule is O=C(C[C@@H]1C[C@H]2CC[C@H]1C2)N1CCN(c2cccc(Cl)c2)CC1. The van der Waals surface area contributed by atoms with Crippen LogP contribution in [-0.4, -0.2) is 37.0 Å². The Morgan fingerprint density at radius 3 is 2.61 bits per heavy atom. The van der Waals surface area contributed by atoms with Gasteiger partial charge >= 0.3 is 0 Å². The predicted molar refractivity (Wildman–Crippen MR) is 93.8 cm³/mol. The van der Waals surface area contributed by atoms with E-state index >= 15 is 0 Å². The van der Waals surface area contributed by atoms with E-state index in [9.17, 15) is 4.79 Å². The Labute approximate surface area is 143 Å². The van der Waals surface area contributed by atoms with Crippen molar-refractivity contribution < 1.29 is 4.79 Å². The van der Waals surface area contributed by atoms with E-state index in [-0.39, 0.29) is 0 Å². The summed E-state index contributed by atoms with van der Waals surface area (Å²) in [5.41, 5.74) is 1.16. The average molecular weight is 333 g/mol. The number of rotatable bonds is 3. The molecule has 1 aromatic rings. The van der Waals surface area contributed by atoms with E-state index in [0.29, 0.717) is 11.8 Å². The Kier molecular flexibility index (Phi) is 4.23. The normalized spacial score (nSPS) is 30.0. The van der Waals surface area contributed by atoms with Crippen LogP contribution in [0.2, 0.25) is 5.02 Å². The summed E-state index contributed by atoms with van der Waals surface area (Å²) in [5.74, 6) is 2.83.